The number of benzene rings is 1. The summed E-state index contributed by atoms with van der Waals surface area (Å²) in [6.45, 7) is -0.136. The molecule has 5 rings (SSSR count). The number of aromatic nitrogens is 5. The van der Waals surface area contributed by atoms with Crippen LogP contribution in [0.15, 0.2) is 36.5 Å². The first-order valence-electron chi connectivity index (χ1n) is 8.28. The summed E-state index contributed by atoms with van der Waals surface area (Å²) in [4.78, 5) is 9.43. The number of imidazole rings is 1. The molecule has 0 bridgehead atoms. The van der Waals surface area contributed by atoms with E-state index in [9.17, 15) is 5.11 Å². The van der Waals surface area contributed by atoms with Crippen molar-refractivity contribution >= 4 is 22.1 Å². The normalized spacial score (nSPS) is 14.5. The van der Waals surface area contributed by atoms with Crippen LogP contribution >= 0.6 is 0 Å². The molecule has 1 aromatic carbocycles. The zero-order valence-electron chi connectivity index (χ0n) is 13.8. The molecule has 0 spiro atoms. The Morgan fingerprint density at radius 2 is 2.08 bits per heavy atom. The summed E-state index contributed by atoms with van der Waals surface area (Å²) in [6.07, 6.45) is 4.08. The van der Waals surface area contributed by atoms with Crippen LogP contribution in [-0.4, -0.2) is 36.5 Å². The molecule has 0 atom stereocenters. The van der Waals surface area contributed by atoms with Crippen molar-refractivity contribution < 1.29 is 9.84 Å². The minimum atomic E-state index is -0.136. The van der Waals surface area contributed by atoms with Crippen LogP contribution in [0.1, 0.15) is 24.6 Å². The van der Waals surface area contributed by atoms with Crippen LogP contribution in [0.5, 0.6) is 5.88 Å². The van der Waals surface area contributed by atoms with E-state index in [4.69, 9.17) is 9.72 Å². The Balaban J connectivity index is 1.76. The van der Waals surface area contributed by atoms with E-state index in [0.29, 0.717) is 11.8 Å². The molecule has 25 heavy (non-hydrogen) atoms. The molecule has 1 aliphatic rings. The van der Waals surface area contributed by atoms with Crippen molar-refractivity contribution in [2.24, 2.45) is 0 Å². The molecule has 0 aliphatic heterocycles. The second-order valence-corrected chi connectivity index (χ2v) is 6.30. The average molecular weight is 335 g/mol. The topological polar surface area (TPSA) is 78.0 Å². The van der Waals surface area contributed by atoms with E-state index >= 15 is 0 Å². The van der Waals surface area contributed by atoms with E-state index in [1.54, 1.807) is 18.0 Å². The monoisotopic (exact) mass is 335 g/mol. The Bertz CT molecular complexity index is 1090. The van der Waals surface area contributed by atoms with E-state index in [1.165, 1.54) is 0 Å². The number of nitrogens with zero attached hydrogens (tertiary/aromatic N) is 5. The lowest BCUT2D eigenvalue weighted by molar-refractivity contribution is 0.200. The van der Waals surface area contributed by atoms with Gasteiger partial charge in [0, 0.05) is 23.1 Å². The molecule has 1 aliphatic carbocycles. The van der Waals surface area contributed by atoms with Crippen LogP contribution in [0, 0.1) is 0 Å². The largest absolute Gasteiger partial charge is 0.481 e. The van der Waals surface area contributed by atoms with Gasteiger partial charge in [-0.05, 0) is 37.1 Å². The highest BCUT2D eigenvalue weighted by molar-refractivity contribution is 5.83. The van der Waals surface area contributed by atoms with Gasteiger partial charge < -0.3 is 9.84 Å². The van der Waals surface area contributed by atoms with Gasteiger partial charge in [0.1, 0.15) is 18.1 Å². The van der Waals surface area contributed by atoms with E-state index in [1.807, 2.05) is 24.3 Å². The molecule has 4 aromatic rings. The number of rotatable bonds is 4. The average Bonchev–Trinajstić information content (AvgIpc) is 3.30. The third-order valence-corrected chi connectivity index (χ3v) is 4.67. The summed E-state index contributed by atoms with van der Waals surface area (Å²) in [6, 6.07) is 9.83. The van der Waals surface area contributed by atoms with Crippen molar-refractivity contribution in [3.8, 4) is 11.6 Å². The molecule has 1 saturated carbocycles. The van der Waals surface area contributed by atoms with Crippen molar-refractivity contribution in [1.82, 2.24) is 24.3 Å². The van der Waals surface area contributed by atoms with Gasteiger partial charge in [-0.3, -0.25) is 4.57 Å². The highest BCUT2D eigenvalue weighted by atomic mass is 16.5. The smallest absolute Gasteiger partial charge is 0.215 e. The lowest BCUT2D eigenvalue weighted by Gasteiger charge is -2.09. The Kier molecular flexibility index (Phi) is 3.05. The van der Waals surface area contributed by atoms with Crippen LogP contribution in [-0.2, 0) is 6.73 Å². The van der Waals surface area contributed by atoms with Gasteiger partial charge in [-0.25, -0.2) is 9.67 Å². The Morgan fingerprint density at radius 1 is 1.20 bits per heavy atom. The van der Waals surface area contributed by atoms with Gasteiger partial charge >= 0.3 is 0 Å². The quantitative estimate of drug-likeness (QED) is 0.620. The van der Waals surface area contributed by atoms with Crippen molar-refractivity contribution in [3.05, 3.63) is 42.4 Å². The second kappa shape index (κ2) is 5.29. The van der Waals surface area contributed by atoms with Crippen LogP contribution in [0.4, 0.5) is 0 Å². The molecule has 0 amide bonds. The Hall–Kier alpha value is -2.93. The van der Waals surface area contributed by atoms with Crippen LogP contribution < -0.4 is 4.74 Å². The molecule has 7 heteroatoms. The van der Waals surface area contributed by atoms with Gasteiger partial charge in [-0.1, -0.05) is 0 Å². The van der Waals surface area contributed by atoms with E-state index < -0.39 is 0 Å². The first-order valence-corrected chi connectivity index (χ1v) is 8.28. The molecular formula is C18H17N5O2. The number of aliphatic hydroxyl groups excluding tert-OH is 1. The van der Waals surface area contributed by atoms with Gasteiger partial charge in [-0.15, -0.1) is 0 Å². The maximum Gasteiger partial charge on any atom is 0.215 e. The van der Waals surface area contributed by atoms with Gasteiger partial charge in [0.2, 0.25) is 5.88 Å². The van der Waals surface area contributed by atoms with Gasteiger partial charge in [0.15, 0.2) is 5.65 Å². The van der Waals surface area contributed by atoms with Crippen LogP contribution in [0.25, 0.3) is 27.8 Å². The Labute approximate surface area is 143 Å². The highest BCUT2D eigenvalue weighted by Crippen LogP contribution is 2.42. The number of aliphatic hydroxyl groups is 1. The predicted molar refractivity (Wildman–Crippen MR) is 92.9 cm³/mol. The van der Waals surface area contributed by atoms with Crippen molar-refractivity contribution in [3.63, 3.8) is 0 Å². The number of methoxy groups -OCH3 is 1. The van der Waals surface area contributed by atoms with E-state index in [2.05, 4.69) is 20.7 Å². The Morgan fingerprint density at radius 3 is 2.84 bits per heavy atom. The first kappa shape index (κ1) is 14.4. The van der Waals surface area contributed by atoms with Crippen molar-refractivity contribution in [2.45, 2.75) is 25.5 Å². The minimum Gasteiger partial charge on any atom is -0.481 e. The maximum absolute atomic E-state index is 9.36. The third kappa shape index (κ3) is 2.20. The fraction of sp³-hybridized carbons (Fsp3) is 0.278. The van der Waals surface area contributed by atoms with Gasteiger partial charge in [0.05, 0.1) is 18.8 Å². The summed E-state index contributed by atoms with van der Waals surface area (Å²) in [7, 11) is 1.62. The molecule has 0 unspecified atom stereocenters. The summed E-state index contributed by atoms with van der Waals surface area (Å²) in [5.74, 6) is 2.10. The zero-order valence-corrected chi connectivity index (χ0v) is 13.8. The van der Waals surface area contributed by atoms with E-state index in [0.717, 1.165) is 46.4 Å². The summed E-state index contributed by atoms with van der Waals surface area (Å²) in [5, 5.41) is 14.5. The molecule has 1 N–H and O–H groups in total. The van der Waals surface area contributed by atoms with Gasteiger partial charge in [-0.2, -0.15) is 10.1 Å². The van der Waals surface area contributed by atoms with Crippen molar-refractivity contribution in [2.75, 3.05) is 7.11 Å². The molecule has 7 nitrogen and oxygen atoms in total. The van der Waals surface area contributed by atoms with Crippen LogP contribution in [0.2, 0.25) is 0 Å². The molecule has 0 radical (unpaired) electrons. The lowest BCUT2D eigenvalue weighted by atomic mass is 10.2. The fourth-order valence-electron chi connectivity index (χ4n) is 3.27. The standard InChI is InChI=1S/C18H17N5O2/c1-25-16-7-5-14-18(21-16)23(17(20-14)11-2-3-11)13-4-6-15-12(8-13)9-19-22(15)10-24/h4-9,11,24H,2-3,10H2,1H3. The predicted octanol–water partition coefficient (Wildman–Crippen LogP) is 2.61. The summed E-state index contributed by atoms with van der Waals surface area (Å²) >= 11 is 0. The minimum absolute atomic E-state index is 0.136. The first-order chi connectivity index (χ1) is 12.3. The molecule has 3 aromatic heterocycles. The zero-order chi connectivity index (χ0) is 17.0. The number of fused-ring (bicyclic) bond motifs is 2. The summed E-state index contributed by atoms with van der Waals surface area (Å²) in [5.41, 5.74) is 3.56. The molecule has 0 saturated heterocycles. The number of hydrogen-bond acceptors (Lipinski definition) is 5. The third-order valence-electron chi connectivity index (χ3n) is 4.67. The fourth-order valence-corrected chi connectivity index (χ4v) is 3.27. The van der Waals surface area contributed by atoms with Crippen molar-refractivity contribution in [1.29, 1.82) is 0 Å². The molecular weight excluding hydrogens is 318 g/mol. The highest BCUT2D eigenvalue weighted by Gasteiger charge is 2.30. The number of hydrogen-bond donors (Lipinski definition) is 1. The van der Waals surface area contributed by atoms with Gasteiger partial charge in [0.25, 0.3) is 0 Å². The lowest BCUT2D eigenvalue weighted by Crippen LogP contribution is -2.02. The molecule has 126 valence electrons. The van der Waals surface area contributed by atoms with E-state index in [-0.39, 0.29) is 6.73 Å². The number of pyridine rings is 1. The maximum atomic E-state index is 9.36. The van der Waals surface area contributed by atoms with Crippen LogP contribution in [0.3, 0.4) is 0 Å². The molecule has 3 heterocycles. The number of ether oxygens (including phenoxy) is 1. The summed E-state index contributed by atoms with van der Waals surface area (Å²) < 4.78 is 8.97. The molecule has 1 fully saturated rings. The second-order valence-electron chi connectivity index (χ2n) is 6.30. The SMILES string of the molecule is COc1ccc2nc(C3CC3)n(-c3ccc4c(cnn4CO)c3)c2n1.